The molecule has 2 fully saturated rings. The first-order valence-electron chi connectivity index (χ1n) is 13.3. The molecule has 0 saturated carbocycles. The lowest BCUT2D eigenvalue weighted by Gasteiger charge is -2.37. The molecule has 0 spiro atoms. The number of fused-ring (bicyclic) bond motifs is 1. The summed E-state index contributed by atoms with van der Waals surface area (Å²) in [6.07, 6.45) is 9.32. The number of hydrogen-bond acceptors (Lipinski definition) is 5. The van der Waals surface area contributed by atoms with Gasteiger partial charge in [-0.2, -0.15) is 0 Å². The van der Waals surface area contributed by atoms with Crippen LogP contribution in [0.3, 0.4) is 0 Å². The highest BCUT2D eigenvalue weighted by atomic mass is 16.5. The molecule has 2 atom stereocenters. The number of carbonyl (C=O) groups is 1. The molecular formula is C29H39N3O3. The molecule has 2 aliphatic heterocycles. The lowest BCUT2D eigenvalue weighted by molar-refractivity contribution is 0.0678. The number of benzene rings is 1. The third kappa shape index (κ3) is 6.42. The maximum atomic E-state index is 12.8. The Morgan fingerprint density at radius 3 is 2.77 bits per heavy atom. The second-order valence-electron chi connectivity index (χ2n) is 11.3. The number of carbonyl (C=O) groups excluding carboxylic acids is 1. The van der Waals surface area contributed by atoms with Crippen LogP contribution in [0.25, 0.3) is 0 Å². The van der Waals surface area contributed by atoms with Crippen molar-refractivity contribution in [1.82, 2.24) is 15.2 Å². The van der Waals surface area contributed by atoms with E-state index in [1.54, 1.807) is 12.3 Å². The van der Waals surface area contributed by atoms with E-state index in [2.05, 4.69) is 47.2 Å². The van der Waals surface area contributed by atoms with Gasteiger partial charge in [-0.1, -0.05) is 32.0 Å². The number of aryl methyl sites for hydroxylation is 1. The van der Waals surface area contributed by atoms with Crippen molar-refractivity contribution in [2.24, 2.45) is 5.41 Å². The Morgan fingerprint density at radius 2 is 2.03 bits per heavy atom. The first-order valence-corrected chi connectivity index (χ1v) is 13.3. The van der Waals surface area contributed by atoms with Gasteiger partial charge in [0.15, 0.2) is 0 Å². The van der Waals surface area contributed by atoms with E-state index in [1.165, 1.54) is 42.6 Å². The Kier molecular flexibility index (Phi) is 7.40. The highest BCUT2D eigenvalue weighted by Crippen LogP contribution is 2.31. The first-order chi connectivity index (χ1) is 16.9. The molecule has 0 bridgehead atoms. The number of likely N-dealkylation sites (tertiary alicyclic amines) is 1. The van der Waals surface area contributed by atoms with E-state index in [9.17, 15) is 4.79 Å². The Hall–Kier alpha value is -2.44. The van der Waals surface area contributed by atoms with E-state index in [1.807, 2.05) is 6.07 Å². The highest BCUT2D eigenvalue weighted by Gasteiger charge is 2.26. The lowest BCUT2D eigenvalue weighted by Crippen LogP contribution is -2.39. The van der Waals surface area contributed by atoms with Crippen LogP contribution in [0.15, 0.2) is 36.5 Å². The molecular weight excluding hydrogens is 438 g/mol. The van der Waals surface area contributed by atoms with E-state index in [0.717, 1.165) is 45.3 Å². The largest absolute Gasteiger partial charge is 0.489 e. The van der Waals surface area contributed by atoms with Crippen LogP contribution in [-0.4, -0.2) is 54.2 Å². The molecule has 188 valence electrons. The summed E-state index contributed by atoms with van der Waals surface area (Å²) in [7, 11) is 0. The fourth-order valence-corrected chi connectivity index (χ4v) is 5.43. The van der Waals surface area contributed by atoms with E-state index >= 15 is 0 Å². The number of ether oxygens (including phenoxy) is 2. The monoisotopic (exact) mass is 477 g/mol. The Bertz CT molecular complexity index is 1000. The molecule has 1 aliphatic carbocycles. The number of rotatable bonds is 7. The number of nitrogens with zero attached hydrogens (tertiary/aromatic N) is 2. The van der Waals surface area contributed by atoms with Gasteiger partial charge in [-0.3, -0.25) is 9.69 Å². The molecule has 2 aromatic rings. The SMILES string of the molecule is CC1(C)CCN(Cc2ccc3c(c2)CC[C@H](NC(=O)c2ccc(OC[C@@H]4CCCO4)cn2)C3)CC1. The molecule has 0 unspecified atom stereocenters. The van der Waals surface area contributed by atoms with Crippen molar-refractivity contribution in [3.8, 4) is 5.75 Å². The summed E-state index contributed by atoms with van der Waals surface area (Å²) < 4.78 is 11.3. The maximum absolute atomic E-state index is 12.8. The zero-order valence-electron chi connectivity index (χ0n) is 21.2. The van der Waals surface area contributed by atoms with Gasteiger partial charge in [0, 0.05) is 19.2 Å². The van der Waals surface area contributed by atoms with Gasteiger partial charge in [-0.15, -0.1) is 0 Å². The highest BCUT2D eigenvalue weighted by molar-refractivity contribution is 5.92. The number of piperidine rings is 1. The molecule has 2 saturated heterocycles. The van der Waals surface area contributed by atoms with Crippen LogP contribution < -0.4 is 10.1 Å². The number of pyridine rings is 1. The number of hydrogen-bond donors (Lipinski definition) is 1. The molecule has 6 nitrogen and oxygen atoms in total. The third-order valence-electron chi connectivity index (χ3n) is 7.88. The summed E-state index contributed by atoms with van der Waals surface area (Å²) in [4.78, 5) is 19.7. The van der Waals surface area contributed by atoms with Gasteiger partial charge in [0.1, 0.15) is 18.1 Å². The van der Waals surface area contributed by atoms with Gasteiger partial charge in [0.2, 0.25) is 0 Å². The second-order valence-corrected chi connectivity index (χ2v) is 11.3. The zero-order chi connectivity index (χ0) is 24.3. The van der Waals surface area contributed by atoms with Crippen molar-refractivity contribution >= 4 is 5.91 Å². The average Bonchev–Trinajstić information content (AvgIpc) is 3.38. The van der Waals surface area contributed by atoms with Gasteiger partial charge < -0.3 is 14.8 Å². The van der Waals surface area contributed by atoms with Crippen molar-refractivity contribution in [2.75, 3.05) is 26.3 Å². The quantitative estimate of drug-likeness (QED) is 0.634. The average molecular weight is 478 g/mol. The van der Waals surface area contributed by atoms with Gasteiger partial charge in [0.05, 0.1) is 12.3 Å². The summed E-state index contributed by atoms with van der Waals surface area (Å²) in [6.45, 7) is 9.53. The van der Waals surface area contributed by atoms with Gasteiger partial charge >= 0.3 is 0 Å². The summed E-state index contributed by atoms with van der Waals surface area (Å²) >= 11 is 0. The standard InChI is InChI=1S/C29H39N3O3/c1-29(2)11-13-32(14-12-29)19-21-5-6-23-17-24(8-7-22(23)16-21)31-28(33)27-10-9-25(18-30-27)35-20-26-4-3-15-34-26/h5-6,9-10,16,18,24,26H,3-4,7-8,11-15,17,19-20H2,1-2H3,(H,31,33)/t24-,26-/m0/s1. The lowest BCUT2D eigenvalue weighted by atomic mass is 9.82. The van der Waals surface area contributed by atoms with Crippen LogP contribution in [0.1, 0.15) is 73.1 Å². The van der Waals surface area contributed by atoms with Crippen LogP contribution in [-0.2, 0) is 24.1 Å². The molecule has 35 heavy (non-hydrogen) atoms. The predicted octanol–water partition coefficient (Wildman–Crippen LogP) is 4.55. The van der Waals surface area contributed by atoms with Gasteiger partial charge in [0.25, 0.3) is 5.91 Å². The fourth-order valence-electron chi connectivity index (χ4n) is 5.43. The minimum absolute atomic E-state index is 0.117. The molecule has 5 rings (SSSR count). The summed E-state index contributed by atoms with van der Waals surface area (Å²) in [6, 6.07) is 10.6. The molecule has 1 aromatic heterocycles. The van der Waals surface area contributed by atoms with Crippen molar-refractivity contribution in [3.05, 3.63) is 58.9 Å². The van der Waals surface area contributed by atoms with Crippen molar-refractivity contribution in [3.63, 3.8) is 0 Å². The summed E-state index contributed by atoms with van der Waals surface area (Å²) in [5.74, 6) is 0.557. The Morgan fingerprint density at radius 1 is 1.17 bits per heavy atom. The van der Waals surface area contributed by atoms with Crippen LogP contribution >= 0.6 is 0 Å². The summed E-state index contributed by atoms with van der Waals surface area (Å²) in [5.41, 5.74) is 5.13. The van der Waals surface area contributed by atoms with Crippen molar-refractivity contribution in [1.29, 1.82) is 0 Å². The predicted molar refractivity (Wildman–Crippen MR) is 137 cm³/mol. The van der Waals surface area contributed by atoms with E-state index in [-0.39, 0.29) is 18.1 Å². The van der Waals surface area contributed by atoms with Crippen molar-refractivity contribution in [2.45, 2.75) is 77.5 Å². The smallest absolute Gasteiger partial charge is 0.270 e. The van der Waals surface area contributed by atoms with Crippen LogP contribution in [0, 0.1) is 5.41 Å². The van der Waals surface area contributed by atoms with E-state index in [0.29, 0.717) is 23.5 Å². The molecule has 3 heterocycles. The van der Waals surface area contributed by atoms with Crippen LogP contribution in [0.4, 0.5) is 0 Å². The van der Waals surface area contributed by atoms with Crippen LogP contribution in [0.5, 0.6) is 5.75 Å². The van der Waals surface area contributed by atoms with Gasteiger partial charge in [-0.05, 0) is 92.3 Å². The number of amides is 1. The molecule has 6 heteroatoms. The molecule has 1 N–H and O–H groups in total. The normalized spacial score (nSPS) is 24.1. The zero-order valence-corrected chi connectivity index (χ0v) is 21.2. The van der Waals surface area contributed by atoms with Crippen LogP contribution in [0.2, 0.25) is 0 Å². The third-order valence-corrected chi connectivity index (χ3v) is 7.88. The van der Waals surface area contributed by atoms with Crippen molar-refractivity contribution < 1.29 is 14.3 Å². The maximum Gasteiger partial charge on any atom is 0.270 e. The first kappa shape index (κ1) is 24.3. The molecule has 1 amide bonds. The summed E-state index contributed by atoms with van der Waals surface area (Å²) in [5, 5.41) is 3.19. The van der Waals surface area contributed by atoms with Gasteiger partial charge in [-0.25, -0.2) is 4.98 Å². The molecule has 1 aromatic carbocycles. The Labute approximate surface area is 209 Å². The number of aromatic nitrogens is 1. The fraction of sp³-hybridized carbons (Fsp3) is 0.586. The topological polar surface area (TPSA) is 63.7 Å². The number of nitrogens with one attached hydrogen (secondary N) is 1. The minimum Gasteiger partial charge on any atom is -0.489 e. The Balaban J connectivity index is 1.11. The molecule has 0 radical (unpaired) electrons. The van der Waals surface area contributed by atoms with E-state index in [4.69, 9.17) is 9.47 Å². The second kappa shape index (κ2) is 10.7. The van der Waals surface area contributed by atoms with E-state index < -0.39 is 0 Å². The molecule has 3 aliphatic rings. The minimum atomic E-state index is -0.117.